The first-order chi connectivity index (χ1) is 20.9. The Bertz CT molecular complexity index is 1610. The molecule has 1 unspecified atom stereocenters. The summed E-state index contributed by atoms with van der Waals surface area (Å²) in [7, 11) is 0. The molecule has 4 aromatic rings. The fourth-order valence-electron chi connectivity index (χ4n) is 6.07. The van der Waals surface area contributed by atoms with E-state index < -0.39 is 12.1 Å². The lowest BCUT2D eigenvalue weighted by Crippen LogP contribution is -2.43. The maximum Gasteiger partial charge on any atom is 0.274 e. The molecular weight excluding hydrogens is 540 g/mol. The third kappa shape index (κ3) is 6.58. The van der Waals surface area contributed by atoms with Gasteiger partial charge in [0, 0.05) is 36.7 Å². The van der Waals surface area contributed by atoms with Gasteiger partial charge in [0.2, 0.25) is 0 Å². The van der Waals surface area contributed by atoms with Crippen molar-refractivity contribution in [1.29, 1.82) is 0 Å². The second-order valence-electron chi connectivity index (χ2n) is 11.4. The molecule has 1 fully saturated rings. The Balaban J connectivity index is 1.15. The van der Waals surface area contributed by atoms with E-state index in [2.05, 4.69) is 37.6 Å². The second-order valence-corrected chi connectivity index (χ2v) is 11.4. The average Bonchev–Trinajstić information content (AvgIpc) is 3.17. The van der Waals surface area contributed by atoms with Crippen molar-refractivity contribution in [1.82, 2.24) is 25.5 Å². The Morgan fingerprint density at radius 2 is 1.77 bits per heavy atom. The largest absolute Gasteiger partial charge is 0.390 e. The van der Waals surface area contributed by atoms with Crippen LogP contribution in [0.2, 0.25) is 0 Å². The highest BCUT2D eigenvalue weighted by atomic mass is 16.3. The predicted molar refractivity (Wildman–Crippen MR) is 165 cm³/mol. The molecule has 0 spiro atoms. The smallest absolute Gasteiger partial charge is 0.274 e. The molecule has 220 valence electrons. The van der Waals surface area contributed by atoms with E-state index in [9.17, 15) is 14.7 Å². The second kappa shape index (κ2) is 12.7. The molecule has 0 radical (unpaired) electrons. The number of nitrogens with two attached hydrogens (primary N) is 1. The van der Waals surface area contributed by atoms with Gasteiger partial charge in [-0.05, 0) is 48.2 Å². The zero-order chi connectivity index (χ0) is 29.8. The van der Waals surface area contributed by atoms with Crippen LogP contribution in [0.15, 0.2) is 85.1 Å². The SMILES string of the molecule is Nc1ncc(-c2cccc(C(=O)NC3c4ccccc4C[C@@H]3O)c2)nc1C(=O)N[C@H]1CCCCN(Cc2ccccc2)C1. The van der Waals surface area contributed by atoms with Crippen LogP contribution in [0.5, 0.6) is 0 Å². The lowest BCUT2D eigenvalue weighted by molar-refractivity contribution is 0.0857. The number of aromatic nitrogens is 2. The summed E-state index contributed by atoms with van der Waals surface area (Å²) < 4.78 is 0. The summed E-state index contributed by atoms with van der Waals surface area (Å²) in [5.41, 5.74) is 10.9. The standard InChI is InChI=1S/C34H36N6O3/c35-32-31(34(43)37-26-14-6-7-16-40(21-26)20-22-9-2-1-3-10-22)38-28(19-36-32)24-12-8-13-25(17-24)33(42)39-30-27-15-5-4-11-23(27)18-29(30)41/h1-5,8-13,15,17,19,26,29-30,41H,6-7,14,16,18,20-21H2,(H2,35,36)(H,37,43)(H,39,42)/t26-,29-,30?/m0/s1. The normalized spacial score (nSPS) is 20.2. The van der Waals surface area contributed by atoms with Crippen LogP contribution in [0.3, 0.4) is 0 Å². The molecule has 9 heteroatoms. The van der Waals surface area contributed by atoms with Crippen LogP contribution in [-0.2, 0) is 13.0 Å². The number of fused-ring (bicyclic) bond motifs is 1. The Morgan fingerprint density at radius 1 is 0.953 bits per heavy atom. The summed E-state index contributed by atoms with van der Waals surface area (Å²) >= 11 is 0. The molecule has 2 heterocycles. The van der Waals surface area contributed by atoms with Gasteiger partial charge < -0.3 is 21.5 Å². The average molecular weight is 577 g/mol. The summed E-state index contributed by atoms with van der Waals surface area (Å²) in [6, 6.07) is 24.5. The molecule has 0 bridgehead atoms. The molecule has 0 saturated carbocycles. The van der Waals surface area contributed by atoms with Gasteiger partial charge in [-0.3, -0.25) is 14.5 Å². The molecule has 2 amide bonds. The molecule has 1 saturated heterocycles. The quantitative estimate of drug-likeness (QED) is 0.262. The van der Waals surface area contributed by atoms with E-state index in [-0.39, 0.29) is 29.4 Å². The number of amides is 2. The molecule has 3 aromatic carbocycles. The monoisotopic (exact) mass is 576 g/mol. The summed E-state index contributed by atoms with van der Waals surface area (Å²) in [6.07, 6.45) is 4.29. The lowest BCUT2D eigenvalue weighted by Gasteiger charge is -2.25. The molecule has 3 atom stereocenters. The van der Waals surface area contributed by atoms with Gasteiger partial charge in [0.05, 0.1) is 24.0 Å². The van der Waals surface area contributed by atoms with E-state index in [1.807, 2.05) is 48.5 Å². The van der Waals surface area contributed by atoms with Crippen LogP contribution < -0.4 is 16.4 Å². The number of hydrogen-bond donors (Lipinski definition) is 4. The van der Waals surface area contributed by atoms with E-state index >= 15 is 0 Å². The maximum absolute atomic E-state index is 13.4. The van der Waals surface area contributed by atoms with E-state index in [4.69, 9.17) is 5.73 Å². The number of carbonyl (C=O) groups excluding carboxylic acids is 2. The minimum Gasteiger partial charge on any atom is -0.390 e. The highest BCUT2D eigenvalue weighted by molar-refractivity contribution is 5.98. The summed E-state index contributed by atoms with van der Waals surface area (Å²) in [5.74, 6) is -0.614. The Kier molecular flexibility index (Phi) is 8.44. The van der Waals surface area contributed by atoms with Gasteiger partial charge in [0.1, 0.15) is 0 Å². The van der Waals surface area contributed by atoms with E-state index in [1.165, 1.54) is 11.8 Å². The number of aliphatic hydroxyl groups excluding tert-OH is 1. The van der Waals surface area contributed by atoms with Gasteiger partial charge in [0.25, 0.3) is 11.8 Å². The van der Waals surface area contributed by atoms with Crippen LogP contribution in [-0.4, -0.2) is 57.0 Å². The Labute approximate surface area is 251 Å². The maximum atomic E-state index is 13.4. The molecule has 2 aliphatic rings. The predicted octanol–water partition coefficient (Wildman–Crippen LogP) is 3.90. The molecule has 1 aliphatic carbocycles. The van der Waals surface area contributed by atoms with Crippen molar-refractivity contribution < 1.29 is 14.7 Å². The summed E-state index contributed by atoms with van der Waals surface area (Å²) in [5, 5.41) is 16.7. The van der Waals surface area contributed by atoms with Crippen molar-refractivity contribution in [2.24, 2.45) is 0 Å². The first kappa shape index (κ1) is 28.5. The van der Waals surface area contributed by atoms with Gasteiger partial charge >= 0.3 is 0 Å². The van der Waals surface area contributed by atoms with Crippen molar-refractivity contribution in [3.8, 4) is 11.3 Å². The van der Waals surface area contributed by atoms with E-state index in [0.717, 1.165) is 50.0 Å². The number of nitrogens with one attached hydrogen (secondary N) is 2. The van der Waals surface area contributed by atoms with Crippen molar-refractivity contribution in [3.05, 3.63) is 113 Å². The molecular formula is C34H36N6O3. The number of anilines is 1. The fraction of sp³-hybridized carbons (Fsp3) is 0.294. The van der Waals surface area contributed by atoms with Crippen LogP contribution in [0.4, 0.5) is 5.82 Å². The van der Waals surface area contributed by atoms with Crippen molar-refractivity contribution >= 4 is 17.6 Å². The molecule has 6 rings (SSSR count). The third-order valence-electron chi connectivity index (χ3n) is 8.27. The van der Waals surface area contributed by atoms with Crippen LogP contribution in [0, 0.1) is 0 Å². The highest BCUT2D eigenvalue weighted by Crippen LogP contribution is 2.31. The molecule has 5 N–H and O–H groups in total. The van der Waals surface area contributed by atoms with Crippen LogP contribution >= 0.6 is 0 Å². The number of benzene rings is 3. The number of rotatable bonds is 7. The van der Waals surface area contributed by atoms with Crippen LogP contribution in [0.1, 0.15) is 62.8 Å². The molecule has 1 aromatic heterocycles. The topological polar surface area (TPSA) is 133 Å². The number of carbonyl (C=O) groups is 2. The van der Waals surface area contributed by atoms with Gasteiger partial charge in [-0.15, -0.1) is 0 Å². The van der Waals surface area contributed by atoms with E-state index in [0.29, 0.717) is 23.2 Å². The van der Waals surface area contributed by atoms with Crippen LogP contribution in [0.25, 0.3) is 11.3 Å². The fourth-order valence-corrected chi connectivity index (χ4v) is 6.07. The Hall–Kier alpha value is -4.60. The van der Waals surface area contributed by atoms with Gasteiger partial charge in [-0.25, -0.2) is 9.97 Å². The highest BCUT2D eigenvalue weighted by Gasteiger charge is 2.32. The third-order valence-corrected chi connectivity index (χ3v) is 8.27. The number of nitrogens with zero attached hydrogens (tertiary/aromatic N) is 3. The first-order valence-corrected chi connectivity index (χ1v) is 14.8. The van der Waals surface area contributed by atoms with Gasteiger partial charge in [-0.1, -0.05) is 73.2 Å². The molecule has 9 nitrogen and oxygen atoms in total. The van der Waals surface area contributed by atoms with Gasteiger partial charge in [-0.2, -0.15) is 0 Å². The number of likely N-dealkylation sites (tertiary alicyclic amines) is 1. The minimum absolute atomic E-state index is 0.0355. The number of aliphatic hydroxyl groups is 1. The van der Waals surface area contributed by atoms with Crippen molar-refractivity contribution in [3.63, 3.8) is 0 Å². The minimum atomic E-state index is -0.688. The van der Waals surface area contributed by atoms with Gasteiger partial charge in [0.15, 0.2) is 11.5 Å². The lowest BCUT2D eigenvalue weighted by atomic mass is 10.1. The summed E-state index contributed by atoms with van der Waals surface area (Å²) in [4.78, 5) is 37.8. The van der Waals surface area contributed by atoms with Crippen molar-refractivity contribution in [2.75, 3.05) is 18.8 Å². The number of hydrogen-bond acceptors (Lipinski definition) is 7. The summed E-state index contributed by atoms with van der Waals surface area (Å²) in [6.45, 7) is 2.56. The van der Waals surface area contributed by atoms with Crippen molar-refractivity contribution in [2.45, 2.75) is 50.4 Å². The number of nitrogen functional groups attached to an aromatic ring is 1. The zero-order valence-corrected chi connectivity index (χ0v) is 23.9. The Morgan fingerprint density at radius 3 is 2.63 bits per heavy atom. The van der Waals surface area contributed by atoms with E-state index in [1.54, 1.807) is 18.2 Å². The molecule has 43 heavy (non-hydrogen) atoms. The first-order valence-electron chi connectivity index (χ1n) is 14.8. The zero-order valence-electron chi connectivity index (χ0n) is 23.9. The molecule has 1 aliphatic heterocycles.